The molecule has 1 saturated carbocycles. The van der Waals surface area contributed by atoms with Crippen LogP contribution in [0.15, 0.2) is 121 Å². The molecule has 5 aromatic rings. The quantitative estimate of drug-likeness (QED) is 0.0787. The third-order valence-electron chi connectivity index (χ3n) is 11.2. The second-order valence-electron chi connectivity index (χ2n) is 17.3. The Labute approximate surface area is 382 Å². The number of fused-ring (bicyclic) bond motifs is 1. The number of aromatic nitrogens is 1. The predicted molar refractivity (Wildman–Crippen MR) is 245 cm³/mol. The molecule has 1 aliphatic heterocycles. The van der Waals surface area contributed by atoms with E-state index in [1.807, 2.05) is 36.4 Å². The highest BCUT2D eigenvalue weighted by atomic mass is 32.2. The summed E-state index contributed by atoms with van der Waals surface area (Å²) in [5.41, 5.74) is 0.587. The Morgan fingerprint density at radius 1 is 0.939 bits per heavy atom. The van der Waals surface area contributed by atoms with Crippen molar-refractivity contribution in [2.24, 2.45) is 5.92 Å². The third-order valence-corrected chi connectivity index (χ3v) is 12.6. The number of carboxylic acids is 1. The van der Waals surface area contributed by atoms with Crippen molar-refractivity contribution in [3.05, 3.63) is 127 Å². The molecular weight excluding hydrogens is 867 g/mol. The second-order valence-corrected chi connectivity index (χ2v) is 18.9. The van der Waals surface area contributed by atoms with E-state index in [0.717, 1.165) is 11.1 Å². The van der Waals surface area contributed by atoms with Crippen LogP contribution in [0.4, 0.5) is 10.5 Å². The van der Waals surface area contributed by atoms with Crippen LogP contribution in [0, 0.1) is 5.92 Å². The molecule has 4 aromatic carbocycles. The van der Waals surface area contributed by atoms with Gasteiger partial charge in [-0.25, -0.2) is 22.9 Å². The summed E-state index contributed by atoms with van der Waals surface area (Å²) < 4.78 is 47.8. The van der Waals surface area contributed by atoms with Gasteiger partial charge in [-0.1, -0.05) is 72.8 Å². The van der Waals surface area contributed by atoms with E-state index in [2.05, 4.69) is 21.9 Å². The molecule has 344 valence electrons. The molecule has 0 spiro atoms. The van der Waals surface area contributed by atoms with Crippen molar-refractivity contribution < 1.29 is 51.7 Å². The molecule has 0 unspecified atom stereocenters. The van der Waals surface area contributed by atoms with Crippen LogP contribution in [0.1, 0.15) is 51.2 Å². The van der Waals surface area contributed by atoms with Gasteiger partial charge >= 0.3 is 12.1 Å². The minimum Gasteiger partial charge on any atom is -0.497 e. The number of aliphatic carboxylic acids is 1. The van der Waals surface area contributed by atoms with Crippen molar-refractivity contribution in [3.8, 4) is 22.8 Å². The first kappa shape index (κ1) is 46.7. The van der Waals surface area contributed by atoms with Gasteiger partial charge in [-0.05, 0) is 69.0 Å². The average Bonchev–Trinajstić information content (AvgIpc) is 3.83. The highest BCUT2D eigenvalue weighted by Gasteiger charge is 2.61. The monoisotopic (exact) mass is 917 g/mol. The van der Waals surface area contributed by atoms with Gasteiger partial charge < -0.3 is 30.0 Å². The Kier molecular flexibility index (Phi) is 13.5. The summed E-state index contributed by atoms with van der Waals surface area (Å²) in [5.74, 6) is -2.92. The summed E-state index contributed by atoms with van der Waals surface area (Å²) in [7, 11) is -3.11. The standard InChI is InChI=1S/C49H51N5O11S/c1-6-33-28-49(33,46(59)53-66(61,62)42-18-11-10-17-37(42)51-43(55)24-31-14-12-13-30(23-31)19-22-44(56)57)52-45(58)40-26-35(29-54(40)47(60)65-48(2,3)4)64-41-27-38(32-15-8-7-9-16-32)50-39-25-34(63-5)20-21-36(39)41/h6-18,20-21,23,25,27,33,35,40H,1,19,22,24,26,28-29H2,2-5H3,(H,51,55)(H,52,58)(H,53,59)(H,56,57)/t33-,35-,40+,49-/m1/s1. The number of carbonyl (C=O) groups is 5. The van der Waals surface area contributed by atoms with Gasteiger partial charge in [0.15, 0.2) is 0 Å². The van der Waals surface area contributed by atoms with E-state index < -0.39 is 73.9 Å². The Morgan fingerprint density at radius 2 is 1.67 bits per heavy atom. The zero-order valence-electron chi connectivity index (χ0n) is 36.9. The second kappa shape index (κ2) is 19.1. The van der Waals surface area contributed by atoms with Gasteiger partial charge in [0.05, 0.1) is 37.0 Å². The fourth-order valence-corrected chi connectivity index (χ4v) is 9.13. The number of likely N-dealkylation sites (tertiary alicyclic amines) is 1. The van der Waals surface area contributed by atoms with Gasteiger partial charge in [0.25, 0.3) is 15.9 Å². The number of aryl methyl sites for hydroxylation is 1. The number of hydrogen-bond donors (Lipinski definition) is 4. The fourth-order valence-electron chi connectivity index (χ4n) is 7.93. The molecule has 2 fully saturated rings. The lowest BCUT2D eigenvalue weighted by Gasteiger charge is -2.29. The maximum absolute atomic E-state index is 14.4. The zero-order valence-corrected chi connectivity index (χ0v) is 37.7. The van der Waals surface area contributed by atoms with Gasteiger partial charge in [0.1, 0.15) is 39.7 Å². The number of para-hydroxylation sites is 1. The van der Waals surface area contributed by atoms with Crippen LogP contribution < -0.4 is 24.8 Å². The molecule has 2 aliphatic rings. The summed E-state index contributed by atoms with van der Waals surface area (Å²) in [6, 6.07) is 27.9. The van der Waals surface area contributed by atoms with Gasteiger partial charge in [0, 0.05) is 41.8 Å². The topological polar surface area (TPSA) is 220 Å². The number of pyridine rings is 1. The first-order valence-corrected chi connectivity index (χ1v) is 22.8. The fraction of sp³-hybridized carbons (Fsp3) is 0.306. The van der Waals surface area contributed by atoms with Crippen LogP contribution in [0.3, 0.4) is 0 Å². The van der Waals surface area contributed by atoms with Crippen molar-refractivity contribution in [2.45, 2.75) is 81.1 Å². The van der Waals surface area contributed by atoms with Crippen LogP contribution in [0.5, 0.6) is 11.5 Å². The average molecular weight is 918 g/mol. The number of nitrogens with one attached hydrogen (secondary N) is 3. The highest BCUT2D eigenvalue weighted by molar-refractivity contribution is 7.90. The molecule has 17 heteroatoms. The predicted octanol–water partition coefficient (Wildman–Crippen LogP) is 6.43. The van der Waals surface area contributed by atoms with Crippen LogP contribution in [-0.4, -0.2) is 90.1 Å². The Bertz CT molecular complexity index is 2810. The Balaban J connectivity index is 1.10. The first-order valence-electron chi connectivity index (χ1n) is 21.3. The maximum Gasteiger partial charge on any atom is 0.411 e. The van der Waals surface area contributed by atoms with Crippen molar-refractivity contribution in [1.82, 2.24) is 19.9 Å². The number of hydrogen-bond acceptors (Lipinski definition) is 11. The van der Waals surface area contributed by atoms with Crippen molar-refractivity contribution >= 4 is 56.4 Å². The minimum absolute atomic E-state index is 0.0137. The number of rotatable bonds is 16. The van der Waals surface area contributed by atoms with Crippen molar-refractivity contribution in [2.75, 3.05) is 19.0 Å². The SMILES string of the molecule is C=C[C@@H]1C[C@]1(NC(=O)[C@@H]1C[C@@H](Oc2cc(-c3ccccc3)nc3cc(OC)ccc23)CN1C(=O)OC(C)(C)C)C(=O)NS(=O)(=O)c1ccccc1NC(=O)Cc1cccc(CCC(=O)O)c1. The first-order chi connectivity index (χ1) is 31.4. The number of ether oxygens (including phenoxy) is 3. The Hall–Kier alpha value is -7.27. The lowest BCUT2D eigenvalue weighted by Crippen LogP contribution is -2.56. The van der Waals surface area contributed by atoms with Crippen molar-refractivity contribution in [1.29, 1.82) is 0 Å². The minimum atomic E-state index is -4.67. The molecule has 1 aromatic heterocycles. The highest BCUT2D eigenvalue weighted by Crippen LogP contribution is 2.45. The van der Waals surface area contributed by atoms with Crippen LogP contribution in [0.25, 0.3) is 22.2 Å². The van der Waals surface area contributed by atoms with Gasteiger partial charge in [0.2, 0.25) is 11.8 Å². The maximum atomic E-state index is 14.4. The van der Waals surface area contributed by atoms with Gasteiger partial charge in [-0.2, -0.15) is 0 Å². The van der Waals surface area contributed by atoms with Gasteiger partial charge in [-0.15, -0.1) is 6.58 Å². The third kappa shape index (κ3) is 10.8. The summed E-state index contributed by atoms with van der Waals surface area (Å²) in [4.78, 5) is 72.3. The summed E-state index contributed by atoms with van der Waals surface area (Å²) in [6.07, 6.45) is -0.0346. The summed E-state index contributed by atoms with van der Waals surface area (Å²) in [6.45, 7) is 8.82. The molecule has 1 saturated heterocycles. The van der Waals surface area contributed by atoms with E-state index in [-0.39, 0.29) is 44.3 Å². The lowest BCUT2D eigenvalue weighted by molar-refractivity contribution is -0.137. The summed E-state index contributed by atoms with van der Waals surface area (Å²) in [5, 5.41) is 15.1. The molecule has 4 N–H and O–H groups in total. The van der Waals surface area contributed by atoms with Gasteiger partial charge in [-0.3, -0.25) is 24.1 Å². The molecule has 4 amide bonds. The number of sulfonamides is 1. The largest absolute Gasteiger partial charge is 0.497 e. The van der Waals surface area contributed by atoms with E-state index >= 15 is 0 Å². The van der Waals surface area contributed by atoms with E-state index in [1.54, 1.807) is 70.3 Å². The zero-order chi connectivity index (χ0) is 47.4. The lowest BCUT2D eigenvalue weighted by atomic mass is 10.0. The molecule has 7 rings (SSSR count). The molecule has 1 aliphatic carbocycles. The molecule has 16 nitrogen and oxygen atoms in total. The van der Waals surface area contributed by atoms with Crippen molar-refractivity contribution in [3.63, 3.8) is 0 Å². The van der Waals surface area contributed by atoms with E-state index in [9.17, 15) is 32.4 Å². The van der Waals surface area contributed by atoms with E-state index in [1.165, 1.54) is 35.2 Å². The summed E-state index contributed by atoms with van der Waals surface area (Å²) >= 11 is 0. The number of amides is 4. The molecule has 2 heterocycles. The number of nitrogens with zero attached hydrogens (tertiary/aromatic N) is 2. The Morgan fingerprint density at radius 3 is 2.36 bits per heavy atom. The number of carbonyl (C=O) groups excluding carboxylic acids is 4. The van der Waals surface area contributed by atoms with Crippen LogP contribution in [-0.2, 0) is 46.8 Å². The van der Waals surface area contributed by atoms with E-state index in [0.29, 0.717) is 33.7 Å². The van der Waals surface area contributed by atoms with Crippen LogP contribution in [0.2, 0.25) is 0 Å². The number of benzene rings is 4. The molecule has 66 heavy (non-hydrogen) atoms. The smallest absolute Gasteiger partial charge is 0.411 e. The normalized spacial score (nSPS) is 19.0. The number of carboxylic acid groups (broad SMARTS) is 1. The number of methoxy groups -OCH3 is 1. The molecular formula is C49H51N5O11S. The van der Waals surface area contributed by atoms with E-state index in [4.69, 9.17) is 24.3 Å². The molecule has 4 atom stereocenters. The molecule has 0 bridgehead atoms. The number of anilines is 1. The molecule has 0 radical (unpaired) electrons. The van der Waals surface area contributed by atoms with Crippen LogP contribution >= 0.6 is 0 Å².